The molecule has 0 bridgehead atoms. The Morgan fingerprint density at radius 3 is 2.83 bits per heavy atom. The Bertz CT molecular complexity index is 304. The van der Waals surface area contributed by atoms with Gasteiger partial charge >= 0.3 is 0 Å². The summed E-state index contributed by atoms with van der Waals surface area (Å²) in [7, 11) is 0. The van der Waals surface area contributed by atoms with Crippen LogP contribution in [0, 0.1) is 12.3 Å². The highest BCUT2D eigenvalue weighted by Gasteiger charge is 2.21. The lowest BCUT2D eigenvalue weighted by molar-refractivity contribution is 0.126. The molecule has 1 aromatic heterocycles. The molecule has 1 nitrogen and oxygen atoms in total. The van der Waals surface area contributed by atoms with Gasteiger partial charge in [0.2, 0.25) is 0 Å². The Labute approximate surface area is 77.1 Å². The lowest BCUT2D eigenvalue weighted by Gasteiger charge is -2.12. The quantitative estimate of drug-likeness (QED) is 0.691. The highest BCUT2D eigenvalue weighted by atomic mass is 32.1. The van der Waals surface area contributed by atoms with Gasteiger partial charge in [-0.2, -0.15) is 0 Å². The fourth-order valence-corrected chi connectivity index (χ4v) is 1.91. The summed E-state index contributed by atoms with van der Waals surface area (Å²) in [6.07, 6.45) is 6.18. The van der Waals surface area contributed by atoms with Crippen molar-refractivity contribution in [3.63, 3.8) is 0 Å². The second-order valence-corrected chi connectivity index (χ2v) is 3.80. The molecule has 0 aliphatic heterocycles. The first-order valence-corrected chi connectivity index (χ1v) is 4.76. The number of hydrogen-bond donors (Lipinski definition) is 1. The van der Waals surface area contributed by atoms with Gasteiger partial charge in [-0.15, -0.1) is 17.8 Å². The van der Waals surface area contributed by atoms with Crippen molar-refractivity contribution in [3.8, 4) is 12.3 Å². The number of thiophene rings is 1. The van der Waals surface area contributed by atoms with Crippen LogP contribution >= 0.6 is 11.3 Å². The molecule has 0 aliphatic carbocycles. The third-order valence-electron chi connectivity index (χ3n) is 1.82. The second-order valence-electron chi connectivity index (χ2n) is 2.89. The van der Waals surface area contributed by atoms with E-state index in [1.807, 2.05) is 11.4 Å². The number of terminal acetylenes is 1. The van der Waals surface area contributed by atoms with Gasteiger partial charge in [-0.25, -0.2) is 0 Å². The third-order valence-corrected chi connectivity index (χ3v) is 3.01. The van der Waals surface area contributed by atoms with E-state index >= 15 is 0 Å². The summed E-state index contributed by atoms with van der Waals surface area (Å²) >= 11 is 1.51. The number of rotatable bonds is 2. The van der Waals surface area contributed by atoms with Crippen LogP contribution in [0.3, 0.4) is 0 Å². The SMILES string of the molecule is C#CC(C)(O)c1cc(CC)cs1. The zero-order valence-corrected chi connectivity index (χ0v) is 8.11. The molecule has 1 aromatic rings. The fourth-order valence-electron chi connectivity index (χ4n) is 0.887. The number of hydrogen-bond acceptors (Lipinski definition) is 2. The molecule has 1 unspecified atom stereocenters. The molecule has 0 amide bonds. The molecule has 2 heteroatoms. The van der Waals surface area contributed by atoms with Crippen LogP contribution in [0.25, 0.3) is 0 Å². The van der Waals surface area contributed by atoms with E-state index in [9.17, 15) is 5.11 Å². The van der Waals surface area contributed by atoms with Gasteiger partial charge in [-0.1, -0.05) is 12.8 Å². The maximum atomic E-state index is 9.68. The van der Waals surface area contributed by atoms with Gasteiger partial charge in [0.15, 0.2) is 5.60 Å². The van der Waals surface area contributed by atoms with Crippen molar-refractivity contribution in [1.29, 1.82) is 0 Å². The molecule has 1 heterocycles. The minimum absolute atomic E-state index is 0.849. The van der Waals surface area contributed by atoms with Gasteiger partial charge in [0.25, 0.3) is 0 Å². The van der Waals surface area contributed by atoms with Crippen LogP contribution in [0.4, 0.5) is 0 Å². The smallest absolute Gasteiger partial charge is 0.156 e. The molecule has 0 radical (unpaired) electrons. The molecule has 64 valence electrons. The topological polar surface area (TPSA) is 20.2 Å². The number of aliphatic hydroxyl groups is 1. The van der Waals surface area contributed by atoms with E-state index in [1.54, 1.807) is 6.92 Å². The first-order chi connectivity index (χ1) is 5.60. The van der Waals surface area contributed by atoms with E-state index < -0.39 is 5.60 Å². The van der Waals surface area contributed by atoms with Gasteiger partial charge in [-0.05, 0) is 30.4 Å². The van der Waals surface area contributed by atoms with Gasteiger partial charge in [0.05, 0.1) is 0 Å². The van der Waals surface area contributed by atoms with Gasteiger partial charge in [0.1, 0.15) is 0 Å². The summed E-state index contributed by atoms with van der Waals surface area (Å²) in [5, 5.41) is 11.7. The molecule has 0 spiro atoms. The third kappa shape index (κ3) is 1.69. The summed E-state index contributed by atoms with van der Waals surface area (Å²) in [5.74, 6) is 2.36. The lowest BCUT2D eigenvalue weighted by Crippen LogP contribution is -2.15. The highest BCUT2D eigenvalue weighted by molar-refractivity contribution is 7.10. The van der Waals surface area contributed by atoms with E-state index in [0.29, 0.717) is 0 Å². The van der Waals surface area contributed by atoms with E-state index in [1.165, 1.54) is 16.9 Å². The summed E-state index contributed by atoms with van der Waals surface area (Å²) in [5.41, 5.74) is 0.128. The Morgan fingerprint density at radius 1 is 1.75 bits per heavy atom. The molecule has 1 atom stereocenters. The Balaban J connectivity index is 2.98. The average Bonchev–Trinajstić information content (AvgIpc) is 2.52. The molecule has 0 aromatic carbocycles. The maximum Gasteiger partial charge on any atom is 0.156 e. The van der Waals surface area contributed by atoms with Gasteiger partial charge in [-0.3, -0.25) is 0 Å². The molecule has 0 fully saturated rings. The molecule has 1 rings (SSSR count). The predicted molar refractivity (Wildman–Crippen MR) is 52.1 cm³/mol. The van der Waals surface area contributed by atoms with Crippen LogP contribution in [-0.4, -0.2) is 5.11 Å². The van der Waals surface area contributed by atoms with Crippen molar-refractivity contribution in [1.82, 2.24) is 0 Å². The average molecular weight is 180 g/mol. The van der Waals surface area contributed by atoms with Crippen LogP contribution < -0.4 is 0 Å². The fraction of sp³-hybridized carbons (Fsp3) is 0.400. The second kappa shape index (κ2) is 3.30. The Kier molecular flexibility index (Phi) is 2.56. The van der Waals surface area contributed by atoms with Crippen molar-refractivity contribution in [2.24, 2.45) is 0 Å². The summed E-state index contributed by atoms with van der Waals surface area (Å²) in [4.78, 5) is 0.849. The van der Waals surface area contributed by atoms with Crippen LogP contribution in [0.2, 0.25) is 0 Å². The van der Waals surface area contributed by atoms with Crippen molar-refractivity contribution in [3.05, 3.63) is 21.9 Å². The Morgan fingerprint density at radius 2 is 2.42 bits per heavy atom. The molecule has 1 N–H and O–H groups in total. The van der Waals surface area contributed by atoms with Crippen molar-refractivity contribution >= 4 is 11.3 Å². The lowest BCUT2D eigenvalue weighted by atomic mass is 10.1. The Hall–Kier alpha value is -0.780. The first kappa shape index (κ1) is 9.31. The van der Waals surface area contributed by atoms with E-state index in [-0.39, 0.29) is 0 Å². The van der Waals surface area contributed by atoms with Crippen LogP contribution in [0.1, 0.15) is 24.3 Å². The zero-order chi connectivity index (χ0) is 9.19. The van der Waals surface area contributed by atoms with Crippen molar-refractivity contribution in [2.45, 2.75) is 25.9 Å². The minimum atomic E-state index is -1.10. The summed E-state index contributed by atoms with van der Waals surface area (Å²) < 4.78 is 0. The van der Waals surface area contributed by atoms with E-state index in [2.05, 4.69) is 12.8 Å². The monoisotopic (exact) mass is 180 g/mol. The molecular weight excluding hydrogens is 168 g/mol. The van der Waals surface area contributed by atoms with Crippen molar-refractivity contribution < 1.29 is 5.11 Å². The molecule has 0 saturated heterocycles. The summed E-state index contributed by atoms with van der Waals surface area (Å²) in [6, 6.07) is 1.96. The highest BCUT2D eigenvalue weighted by Crippen LogP contribution is 2.26. The predicted octanol–water partition coefficient (Wildman–Crippen LogP) is 2.15. The molecule has 0 aliphatic rings. The van der Waals surface area contributed by atoms with Crippen LogP contribution in [-0.2, 0) is 12.0 Å². The first-order valence-electron chi connectivity index (χ1n) is 3.88. The van der Waals surface area contributed by atoms with E-state index in [4.69, 9.17) is 6.42 Å². The van der Waals surface area contributed by atoms with Crippen LogP contribution in [0.5, 0.6) is 0 Å². The van der Waals surface area contributed by atoms with E-state index in [0.717, 1.165) is 11.3 Å². The zero-order valence-electron chi connectivity index (χ0n) is 7.29. The molecular formula is C10H12OS. The molecule has 12 heavy (non-hydrogen) atoms. The largest absolute Gasteiger partial charge is 0.373 e. The minimum Gasteiger partial charge on any atom is -0.373 e. The normalized spacial score (nSPS) is 15.2. The molecule has 0 saturated carbocycles. The standard InChI is InChI=1S/C10H12OS/c1-4-8-6-9(12-7-8)10(3,11)5-2/h2,6-7,11H,4H2,1,3H3. The van der Waals surface area contributed by atoms with Crippen molar-refractivity contribution in [2.75, 3.05) is 0 Å². The van der Waals surface area contributed by atoms with Gasteiger partial charge in [0, 0.05) is 4.88 Å². The van der Waals surface area contributed by atoms with Gasteiger partial charge < -0.3 is 5.11 Å². The maximum absolute atomic E-state index is 9.68. The summed E-state index contributed by atoms with van der Waals surface area (Å²) in [6.45, 7) is 3.72. The number of aryl methyl sites for hydroxylation is 1. The van der Waals surface area contributed by atoms with Crippen LogP contribution in [0.15, 0.2) is 11.4 Å².